The second kappa shape index (κ2) is 7.10. The van der Waals surface area contributed by atoms with Crippen molar-refractivity contribution in [1.29, 1.82) is 0 Å². The molecule has 0 spiro atoms. The van der Waals surface area contributed by atoms with Crippen LogP contribution in [-0.4, -0.2) is 34.5 Å². The summed E-state index contributed by atoms with van der Waals surface area (Å²) >= 11 is 0. The zero-order valence-corrected chi connectivity index (χ0v) is 14.5. The minimum atomic E-state index is -0.723. The quantitative estimate of drug-likeness (QED) is 0.714. The van der Waals surface area contributed by atoms with E-state index in [2.05, 4.69) is 20.0 Å². The highest BCUT2D eigenvalue weighted by Crippen LogP contribution is 2.24. The molecule has 1 aliphatic heterocycles. The molecule has 0 saturated carbocycles. The summed E-state index contributed by atoms with van der Waals surface area (Å²) in [5.74, 6) is -1.67. The van der Waals surface area contributed by atoms with Gasteiger partial charge in [-0.2, -0.15) is 0 Å². The van der Waals surface area contributed by atoms with Gasteiger partial charge in [-0.05, 0) is 30.7 Å². The Morgan fingerprint density at radius 1 is 1.18 bits per heavy atom. The number of rotatable bonds is 4. The molecule has 1 fully saturated rings. The summed E-state index contributed by atoms with van der Waals surface area (Å²) < 4.78 is 18.4. The van der Waals surface area contributed by atoms with Crippen LogP contribution in [0.2, 0.25) is 0 Å². The Morgan fingerprint density at radius 2 is 1.93 bits per heavy atom. The van der Waals surface area contributed by atoms with Gasteiger partial charge in [0.15, 0.2) is 5.82 Å². The molecule has 0 radical (unpaired) electrons. The van der Waals surface area contributed by atoms with Crippen LogP contribution in [0.15, 0.2) is 57.8 Å². The molecule has 0 aliphatic carbocycles. The van der Waals surface area contributed by atoms with E-state index >= 15 is 0 Å². The average Bonchev–Trinajstić information content (AvgIpc) is 3.29. The van der Waals surface area contributed by atoms with Crippen LogP contribution >= 0.6 is 0 Å². The third-order valence-electron chi connectivity index (χ3n) is 4.51. The van der Waals surface area contributed by atoms with Crippen LogP contribution in [0.4, 0.5) is 10.1 Å². The lowest BCUT2D eigenvalue weighted by Gasteiger charge is -2.17. The highest BCUT2D eigenvalue weighted by molar-refractivity contribution is 6.04. The Hall–Kier alpha value is -3.75. The summed E-state index contributed by atoms with van der Waals surface area (Å²) in [4.78, 5) is 39.8. The number of anilines is 1. The molecule has 2 amide bonds. The van der Waals surface area contributed by atoms with Crippen molar-refractivity contribution in [3.63, 3.8) is 0 Å². The maximum absolute atomic E-state index is 13.9. The largest absolute Gasteiger partial charge is 0.439 e. The van der Waals surface area contributed by atoms with Crippen molar-refractivity contribution >= 4 is 17.5 Å². The van der Waals surface area contributed by atoms with Crippen molar-refractivity contribution in [2.24, 2.45) is 0 Å². The zero-order valence-electron chi connectivity index (χ0n) is 14.5. The number of para-hydroxylation sites is 1. The van der Waals surface area contributed by atoms with Crippen molar-refractivity contribution < 1.29 is 18.5 Å². The fourth-order valence-corrected chi connectivity index (χ4v) is 3.10. The first-order valence-corrected chi connectivity index (χ1v) is 8.56. The van der Waals surface area contributed by atoms with E-state index in [-0.39, 0.29) is 17.4 Å². The van der Waals surface area contributed by atoms with Gasteiger partial charge < -0.3 is 10.2 Å². The Morgan fingerprint density at radius 3 is 2.61 bits per heavy atom. The highest BCUT2D eigenvalue weighted by atomic mass is 19.1. The lowest BCUT2D eigenvalue weighted by Crippen LogP contribution is -2.41. The van der Waals surface area contributed by atoms with E-state index in [1.54, 1.807) is 36.4 Å². The number of carbonyl (C=O) groups is 2. The highest BCUT2D eigenvalue weighted by Gasteiger charge is 2.34. The lowest BCUT2D eigenvalue weighted by atomic mass is 10.1. The van der Waals surface area contributed by atoms with Crippen LogP contribution in [0.1, 0.15) is 16.8 Å². The van der Waals surface area contributed by atoms with Gasteiger partial charge in [-0.15, -0.1) is 0 Å². The van der Waals surface area contributed by atoms with E-state index in [4.69, 9.17) is 0 Å². The molecule has 2 N–H and O–H groups in total. The second-order valence-corrected chi connectivity index (χ2v) is 6.28. The third-order valence-corrected chi connectivity index (χ3v) is 4.51. The maximum Gasteiger partial charge on any atom is 0.439 e. The molecule has 2 heterocycles. The standard InChI is InChI=1S/C19H15FN4O4/c20-13-3-1-2-4-15(13)24-10-9-14(18(24)26)21-17(25)12-7-5-11(6-8-12)16-22-19(27)28-23-16/h1-8,14H,9-10H2,(H,21,25)(H,22,23,27). The number of hydrogen-bond donors (Lipinski definition) is 2. The summed E-state index contributed by atoms with van der Waals surface area (Å²) in [7, 11) is 0. The van der Waals surface area contributed by atoms with E-state index in [0.29, 0.717) is 24.1 Å². The smallest absolute Gasteiger partial charge is 0.340 e. The molecule has 1 saturated heterocycles. The molecule has 28 heavy (non-hydrogen) atoms. The molecule has 1 aliphatic rings. The summed E-state index contributed by atoms with van der Waals surface area (Å²) in [6.45, 7) is 0.323. The molecule has 9 heteroatoms. The van der Waals surface area contributed by atoms with Gasteiger partial charge >= 0.3 is 5.76 Å². The van der Waals surface area contributed by atoms with Crippen LogP contribution in [-0.2, 0) is 4.79 Å². The van der Waals surface area contributed by atoms with Crippen molar-refractivity contribution in [2.45, 2.75) is 12.5 Å². The van der Waals surface area contributed by atoms with Gasteiger partial charge in [-0.1, -0.05) is 29.4 Å². The average molecular weight is 382 g/mol. The minimum absolute atomic E-state index is 0.204. The van der Waals surface area contributed by atoms with E-state index < -0.39 is 23.5 Å². The van der Waals surface area contributed by atoms with Gasteiger partial charge in [0.05, 0.1) is 5.69 Å². The molecule has 4 rings (SSSR count). The van der Waals surface area contributed by atoms with Crippen molar-refractivity contribution in [3.8, 4) is 11.4 Å². The van der Waals surface area contributed by atoms with Crippen molar-refractivity contribution in [1.82, 2.24) is 15.5 Å². The number of nitrogens with one attached hydrogen (secondary N) is 2. The van der Waals surface area contributed by atoms with E-state index in [9.17, 15) is 18.8 Å². The first-order chi connectivity index (χ1) is 13.5. The predicted molar refractivity (Wildman–Crippen MR) is 97.2 cm³/mol. The number of amides is 2. The Kier molecular flexibility index (Phi) is 4.48. The van der Waals surface area contributed by atoms with Gasteiger partial charge in [0.1, 0.15) is 11.9 Å². The number of aromatic nitrogens is 2. The normalized spacial score (nSPS) is 16.4. The molecule has 1 atom stereocenters. The molecule has 0 bridgehead atoms. The van der Waals surface area contributed by atoms with Gasteiger partial charge in [0.25, 0.3) is 5.91 Å². The zero-order chi connectivity index (χ0) is 19.7. The predicted octanol–water partition coefficient (Wildman–Crippen LogP) is 1.70. The number of benzene rings is 2. The number of aromatic amines is 1. The summed E-state index contributed by atoms with van der Waals surface area (Å²) in [5.41, 5.74) is 1.12. The fraction of sp³-hybridized carbons (Fsp3) is 0.158. The summed E-state index contributed by atoms with van der Waals surface area (Å²) in [6.07, 6.45) is 0.386. The van der Waals surface area contributed by atoms with Crippen LogP contribution in [0.25, 0.3) is 11.4 Å². The van der Waals surface area contributed by atoms with E-state index in [0.717, 1.165) is 0 Å². The van der Waals surface area contributed by atoms with E-state index in [1.165, 1.54) is 17.0 Å². The van der Waals surface area contributed by atoms with E-state index in [1.807, 2.05) is 0 Å². The van der Waals surface area contributed by atoms with Crippen molar-refractivity contribution in [2.75, 3.05) is 11.4 Å². The summed E-state index contributed by atoms with van der Waals surface area (Å²) in [6, 6.07) is 11.6. The molecular weight excluding hydrogens is 367 g/mol. The van der Waals surface area contributed by atoms with Gasteiger partial charge in [-0.3, -0.25) is 19.1 Å². The maximum atomic E-state index is 13.9. The number of H-pyrrole nitrogens is 1. The lowest BCUT2D eigenvalue weighted by molar-refractivity contribution is -0.118. The Bertz CT molecular complexity index is 1090. The monoisotopic (exact) mass is 382 g/mol. The SMILES string of the molecule is O=C(NC1CCN(c2ccccc2F)C1=O)c1ccc(-c2noc(=O)[nH]2)cc1. The van der Waals surface area contributed by atoms with Crippen LogP contribution in [0.3, 0.4) is 0 Å². The molecule has 1 aromatic heterocycles. The number of carbonyl (C=O) groups excluding carboxylic acids is 2. The number of hydrogen-bond acceptors (Lipinski definition) is 5. The second-order valence-electron chi connectivity index (χ2n) is 6.28. The molecule has 142 valence electrons. The van der Waals surface area contributed by atoms with Crippen LogP contribution < -0.4 is 16.0 Å². The van der Waals surface area contributed by atoms with Crippen LogP contribution in [0.5, 0.6) is 0 Å². The first-order valence-electron chi connectivity index (χ1n) is 8.56. The molecule has 3 aromatic rings. The third kappa shape index (κ3) is 3.29. The molecular formula is C19H15FN4O4. The summed E-state index contributed by atoms with van der Waals surface area (Å²) in [5, 5.41) is 6.26. The Labute approximate surface area is 158 Å². The first kappa shape index (κ1) is 17.7. The Balaban J connectivity index is 1.44. The number of halogens is 1. The van der Waals surface area contributed by atoms with Gasteiger partial charge in [0.2, 0.25) is 5.91 Å². The topological polar surface area (TPSA) is 108 Å². The fourth-order valence-electron chi connectivity index (χ4n) is 3.10. The molecule has 1 unspecified atom stereocenters. The van der Waals surface area contributed by atoms with Crippen LogP contribution in [0, 0.1) is 5.82 Å². The minimum Gasteiger partial charge on any atom is -0.340 e. The molecule has 2 aromatic carbocycles. The molecule has 8 nitrogen and oxygen atoms in total. The van der Waals surface area contributed by atoms with Crippen molar-refractivity contribution in [3.05, 3.63) is 70.5 Å². The number of nitrogens with zero attached hydrogens (tertiary/aromatic N) is 2. The van der Waals surface area contributed by atoms with Gasteiger partial charge in [0, 0.05) is 17.7 Å². The van der Waals surface area contributed by atoms with Gasteiger partial charge in [-0.25, -0.2) is 9.18 Å².